The second-order valence-corrected chi connectivity index (χ2v) is 8.43. The van der Waals surface area contributed by atoms with E-state index in [1.54, 1.807) is 10.8 Å². The Hall–Kier alpha value is -2.92. The summed E-state index contributed by atoms with van der Waals surface area (Å²) < 4.78 is 30.3. The van der Waals surface area contributed by atoms with Crippen LogP contribution in [0.25, 0.3) is 10.9 Å². The van der Waals surface area contributed by atoms with Gasteiger partial charge in [0.25, 0.3) is 0 Å². The first kappa shape index (κ1) is 24.7. The lowest BCUT2D eigenvalue weighted by Crippen LogP contribution is -2.60. The summed E-state index contributed by atoms with van der Waals surface area (Å²) in [6, 6.07) is 7.42. The largest absolute Gasteiger partial charge is 0.463 e. The molecule has 11 heteroatoms. The fourth-order valence-corrected chi connectivity index (χ4v) is 4.17. The quantitative estimate of drug-likeness (QED) is 0.413. The molecule has 1 aliphatic heterocycles. The standard InChI is InChI=1S/C22H24BrNO9/c1-11(25)29-10-18-19(30-12(2)26)20(31-13(3)27)21(32-14(4)28)22(33-18)24-8-7-15-9-16(23)5-6-17(15)24/h5-9,18-22H,10H2,1-4H3/t18-,19-,20+,21-,22-/m1/s1. The first-order valence-corrected chi connectivity index (χ1v) is 10.9. The van der Waals surface area contributed by atoms with Crippen LogP contribution in [0.2, 0.25) is 0 Å². The van der Waals surface area contributed by atoms with E-state index in [2.05, 4.69) is 15.9 Å². The minimum Gasteiger partial charge on any atom is -0.463 e. The van der Waals surface area contributed by atoms with Crippen molar-refractivity contribution >= 4 is 50.7 Å². The van der Waals surface area contributed by atoms with Gasteiger partial charge in [-0.2, -0.15) is 0 Å². The summed E-state index contributed by atoms with van der Waals surface area (Å²) in [6.07, 6.45) is -3.83. The monoisotopic (exact) mass is 525 g/mol. The summed E-state index contributed by atoms with van der Waals surface area (Å²) >= 11 is 3.43. The van der Waals surface area contributed by atoms with Gasteiger partial charge in [-0.05, 0) is 24.3 Å². The van der Waals surface area contributed by atoms with E-state index in [-0.39, 0.29) is 6.61 Å². The highest BCUT2D eigenvalue weighted by atomic mass is 79.9. The van der Waals surface area contributed by atoms with Gasteiger partial charge in [-0.1, -0.05) is 15.9 Å². The van der Waals surface area contributed by atoms with Crippen LogP contribution in [0.5, 0.6) is 0 Å². The average molecular weight is 526 g/mol. The molecule has 1 aromatic heterocycles. The Labute approximate surface area is 198 Å². The zero-order valence-electron chi connectivity index (χ0n) is 18.5. The van der Waals surface area contributed by atoms with Crippen molar-refractivity contribution in [1.29, 1.82) is 0 Å². The van der Waals surface area contributed by atoms with E-state index in [0.717, 1.165) is 15.4 Å². The molecule has 1 fully saturated rings. The van der Waals surface area contributed by atoms with Crippen molar-refractivity contribution in [2.75, 3.05) is 6.61 Å². The molecule has 1 saturated heterocycles. The van der Waals surface area contributed by atoms with E-state index < -0.39 is 54.5 Å². The molecule has 10 nitrogen and oxygen atoms in total. The molecule has 5 atom stereocenters. The van der Waals surface area contributed by atoms with Crippen LogP contribution in [0.4, 0.5) is 0 Å². The minimum atomic E-state index is -1.22. The van der Waals surface area contributed by atoms with Gasteiger partial charge in [-0.15, -0.1) is 0 Å². The van der Waals surface area contributed by atoms with Crippen LogP contribution in [-0.2, 0) is 42.9 Å². The lowest BCUT2D eigenvalue weighted by Gasteiger charge is -2.44. The summed E-state index contributed by atoms with van der Waals surface area (Å²) in [5, 5.41) is 0.872. The summed E-state index contributed by atoms with van der Waals surface area (Å²) in [7, 11) is 0. The van der Waals surface area contributed by atoms with E-state index >= 15 is 0 Å². The fourth-order valence-electron chi connectivity index (χ4n) is 3.79. The predicted octanol–water partition coefficient (Wildman–Crippen LogP) is 2.66. The molecule has 0 aliphatic carbocycles. The Balaban J connectivity index is 2.11. The second-order valence-electron chi connectivity index (χ2n) is 7.52. The zero-order valence-corrected chi connectivity index (χ0v) is 20.1. The third-order valence-corrected chi connectivity index (χ3v) is 5.42. The van der Waals surface area contributed by atoms with Gasteiger partial charge < -0.3 is 28.3 Å². The molecule has 3 rings (SSSR count). The van der Waals surface area contributed by atoms with Crippen molar-refractivity contribution in [2.45, 2.75) is 58.3 Å². The zero-order chi connectivity index (χ0) is 24.3. The Morgan fingerprint density at radius 3 is 2.09 bits per heavy atom. The third kappa shape index (κ3) is 5.91. The number of benzene rings is 1. The number of carbonyl (C=O) groups is 4. The number of halogens is 1. The molecule has 0 amide bonds. The molecule has 0 bridgehead atoms. The van der Waals surface area contributed by atoms with Gasteiger partial charge >= 0.3 is 23.9 Å². The first-order valence-electron chi connectivity index (χ1n) is 10.1. The van der Waals surface area contributed by atoms with Crippen LogP contribution in [0.3, 0.4) is 0 Å². The molecule has 33 heavy (non-hydrogen) atoms. The minimum absolute atomic E-state index is 0.279. The fraction of sp³-hybridized carbons (Fsp3) is 0.455. The molecule has 0 N–H and O–H groups in total. The molecule has 0 unspecified atom stereocenters. The second kappa shape index (κ2) is 10.3. The number of ether oxygens (including phenoxy) is 5. The van der Waals surface area contributed by atoms with Crippen molar-refractivity contribution in [3.05, 3.63) is 34.9 Å². The van der Waals surface area contributed by atoms with Crippen molar-refractivity contribution in [1.82, 2.24) is 4.57 Å². The van der Waals surface area contributed by atoms with Crippen LogP contribution in [0, 0.1) is 0 Å². The summed E-state index contributed by atoms with van der Waals surface area (Å²) in [4.78, 5) is 47.2. The van der Waals surface area contributed by atoms with Crippen molar-refractivity contribution in [3.8, 4) is 0 Å². The van der Waals surface area contributed by atoms with E-state index in [1.807, 2.05) is 24.3 Å². The van der Waals surface area contributed by atoms with Crippen LogP contribution in [-0.4, -0.2) is 59.5 Å². The van der Waals surface area contributed by atoms with Gasteiger partial charge in [0.05, 0.1) is 5.52 Å². The summed E-state index contributed by atoms with van der Waals surface area (Å²) in [5.74, 6) is -2.57. The molecule has 2 heterocycles. The Bertz CT molecular complexity index is 1070. The first-order chi connectivity index (χ1) is 15.6. The molecule has 1 aliphatic rings. The molecular weight excluding hydrogens is 502 g/mol. The Kier molecular flexibility index (Phi) is 7.75. The van der Waals surface area contributed by atoms with E-state index in [1.165, 1.54) is 27.7 Å². The van der Waals surface area contributed by atoms with Crippen LogP contribution in [0.15, 0.2) is 34.9 Å². The Morgan fingerprint density at radius 2 is 1.48 bits per heavy atom. The van der Waals surface area contributed by atoms with E-state index in [9.17, 15) is 19.2 Å². The van der Waals surface area contributed by atoms with Crippen molar-refractivity contribution < 1.29 is 42.9 Å². The highest BCUT2D eigenvalue weighted by Crippen LogP contribution is 2.37. The summed E-state index contributed by atoms with van der Waals surface area (Å²) in [5.41, 5.74) is 0.749. The molecule has 178 valence electrons. The van der Waals surface area contributed by atoms with Crippen molar-refractivity contribution in [2.24, 2.45) is 0 Å². The average Bonchev–Trinajstić information content (AvgIpc) is 3.11. The van der Waals surface area contributed by atoms with E-state index in [4.69, 9.17) is 23.7 Å². The van der Waals surface area contributed by atoms with Crippen LogP contribution < -0.4 is 0 Å². The summed E-state index contributed by atoms with van der Waals surface area (Å²) in [6.45, 7) is 4.52. The lowest BCUT2D eigenvalue weighted by atomic mass is 9.97. The van der Waals surface area contributed by atoms with Gasteiger partial charge in [-0.3, -0.25) is 19.2 Å². The number of aromatic nitrogens is 1. The van der Waals surface area contributed by atoms with Crippen molar-refractivity contribution in [3.63, 3.8) is 0 Å². The normalized spacial score (nSPS) is 24.7. The molecule has 0 radical (unpaired) electrons. The van der Waals surface area contributed by atoms with Gasteiger partial charge in [0, 0.05) is 43.8 Å². The van der Waals surface area contributed by atoms with Gasteiger partial charge in [0.1, 0.15) is 12.7 Å². The van der Waals surface area contributed by atoms with Gasteiger partial charge in [-0.25, -0.2) is 0 Å². The molecular formula is C22H24BrNO9. The number of fused-ring (bicyclic) bond motifs is 1. The number of rotatable bonds is 6. The highest BCUT2D eigenvalue weighted by Gasteiger charge is 2.52. The number of nitrogens with zero attached hydrogens (tertiary/aromatic N) is 1. The Morgan fingerprint density at radius 1 is 0.879 bits per heavy atom. The maximum atomic E-state index is 12.0. The van der Waals surface area contributed by atoms with Crippen LogP contribution >= 0.6 is 15.9 Å². The smallest absolute Gasteiger partial charge is 0.303 e. The van der Waals surface area contributed by atoms with Gasteiger partial charge in [0.2, 0.25) is 0 Å². The maximum Gasteiger partial charge on any atom is 0.303 e. The van der Waals surface area contributed by atoms with E-state index in [0.29, 0.717) is 0 Å². The van der Waals surface area contributed by atoms with Crippen LogP contribution in [0.1, 0.15) is 33.9 Å². The number of esters is 4. The number of hydrogen-bond donors (Lipinski definition) is 0. The maximum absolute atomic E-state index is 12.0. The molecule has 0 spiro atoms. The SMILES string of the molecule is CC(=O)OC[C@H]1O[C@@H](n2ccc3cc(Br)ccc32)[C@H](OC(C)=O)[C@@H](OC(C)=O)[C@@H]1OC(C)=O. The van der Waals surface area contributed by atoms with Gasteiger partial charge in [0.15, 0.2) is 24.5 Å². The molecule has 1 aromatic carbocycles. The third-order valence-electron chi connectivity index (χ3n) is 4.92. The predicted molar refractivity (Wildman–Crippen MR) is 117 cm³/mol. The lowest BCUT2D eigenvalue weighted by molar-refractivity contribution is -0.267. The highest BCUT2D eigenvalue weighted by molar-refractivity contribution is 9.10. The molecule has 2 aromatic rings. The number of carbonyl (C=O) groups excluding carboxylic acids is 4. The number of hydrogen-bond acceptors (Lipinski definition) is 9. The molecule has 0 saturated carbocycles. The topological polar surface area (TPSA) is 119 Å².